The van der Waals surface area contributed by atoms with Gasteiger partial charge in [0.05, 0.1) is 23.9 Å². The first-order chi connectivity index (χ1) is 13.0. The average molecular weight is 365 g/mol. The zero-order valence-corrected chi connectivity index (χ0v) is 15.6. The Hall–Kier alpha value is -3.28. The van der Waals surface area contributed by atoms with E-state index in [2.05, 4.69) is 16.0 Å². The van der Waals surface area contributed by atoms with Crippen molar-refractivity contribution in [1.29, 1.82) is 0 Å². The van der Waals surface area contributed by atoms with Gasteiger partial charge in [-0.05, 0) is 44.0 Å². The van der Waals surface area contributed by atoms with Crippen molar-refractivity contribution in [2.75, 3.05) is 11.9 Å². The van der Waals surface area contributed by atoms with Gasteiger partial charge in [0, 0.05) is 5.70 Å². The van der Waals surface area contributed by atoms with Crippen LogP contribution in [-0.2, 0) is 4.79 Å². The fourth-order valence-electron chi connectivity index (χ4n) is 3.18. The molecule has 2 aromatic carbocycles. The van der Waals surface area contributed by atoms with Gasteiger partial charge in [-0.2, -0.15) is 0 Å². The molecule has 0 saturated heterocycles. The second kappa shape index (κ2) is 7.95. The summed E-state index contributed by atoms with van der Waals surface area (Å²) in [5, 5.41) is 8.47. The molecule has 1 aliphatic heterocycles. The highest BCUT2D eigenvalue weighted by molar-refractivity contribution is 6.07. The van der Waals surface area contributed by atoms with Crippen LogP contribution in [-0.4, -0.2) is 18.5 Å². The molecule has 0 saturated carbocycles. The Labute approximate surface area is 158 Å². The molecule has 6 nitrogen and oxygen atoms in total. The van der Waals surface area contributed by atoms with Crippen LogP contribution in [0.1, 0.15) is 31.0 Å². The minimum Gasteiger partial charge on any atom is -0.492 e. The number of allylic oxidation sites excluding steroid dienone is 1. The Morgan fingerprint density at radius 3 is 2.56 bits per heavy atom. The molecule has 27 heavy (non-hydrogen) atoms. The Balaban J connectivity index is 1.97. The van der Waals surface area contributed by atoms with E-state index >= 15 is 0 Å². The predicted octanol–water partition coefficient (Wildman–Crippen LogP) is 3.66. The lowest BCUT2D eigenvalue weighted by Gasteiger charge is -2.29. The van der Waals surface area contributed by atoms with Gasteiger partial charge in [-0.15, -0.1) is 0 Å². The first-order valence-electron chi connectivity index (χ1n) is 8.88. The summed E-state index contributed by atoms with van der Waals surface area (Å²) in [6.07, 6.45) is 0. The van der Waals surface area contributed by atoms with Crippen molar-refractivity contribution in [3.05, 3.63) is 70.9 Å². The summed E-state index contributed by atoms with van der Waals surface area (Å²) in [7, 11) is 0. The quantitative estimate of drug-likeness (QED) is 0.756. The van der Waals surface area contributed by atoms with Gasteiger partial charge in [0.1, 0.15) is 5.75 Å². The van der Waals surface area contributed by atoms with Gasteiger partial charge in [0.25, 0.3) is 5.91 Å². The lowest BCUT2D eigenvalue weighted by Crippen LogP contribution is -2.46. The van der Waals surface area contributed by atoms with Gasteiger partial charge >= 0.3 is 6.03 Å². The second-order valence-corrected chi connectivity index (χ2v) is 6.31. The standard InChI is InChI=1S/C21H23N3O3/c1-4-27-17-12-8-7-11-16(17)23-20(25)18-14(3)22-21(26)24-19(18)15-10-6-5-9-13(15)2/h5-12,19H,4H2,1-3H3,(H,23,25)(H2,22,24,26). The van der Waals surface area contributed by atoms with Gasteiger partial charge in [-0.1, -0.05) is 36.4 Å². The Bertz CT molecular complexity index is 905. The summed E-state index contributed by atoms with van der Waals surface area (Å²) in [6, 6.07) is 14.1. The largest absolute Gasteiger partial charge is 0.492 e. The highest BCUT2D eigenvalue weighted by atomic mass is 16.5. The number of anilines is 1. The number of hydrogen-bond donors (Lipinski definition) is 3. The first-order valence-corrected chi connectivity index (χ1v) is 8.88. The van der Waals surface area contributed by atoms with E-state index in [-0.39, 0.29) is 11.9 Å². The van der Waals surface area contributed by atoms with Crippen molar-refractivity contribution in [3.63, 3.8) is 0 Å². The SMILES string of the molecule is CCOc1ccccc1NC(=O)C1=C(C)NC(=O)NC1c1ccccc1C. The van der Waals surface area contributed by atoms with Crippen LogP contribution in [0.4, 0.5) is 10.5 Å². The Morgan fingerprint density at radius 2 is 1.81 bits per heavy atom. The van der Waals surface area contributed by atoms with Crippen molar-refractivity contribution in [1.82, 2.24) is 10.6 Å². The third-order valence-electron chi connectivity index (χ3n) is 4.45. The minimum atomic E-state index is -0.529. The fraction of sp³-hybridized carbons (Fsp3) is 0.238. The number of urea groups is 1. The molecule has 1 atom stereocenters. The van der Waals surface area contributed by atoms with Gasteiger partial charge in [0.15, 0.2) is 0 Å². The molecule has 0 aromatic heterocycles. The number of carbonyl (C=O) groups excluding carboxylic acids is 2. The molecule has 0 fully saturated rings. The predicted molar refractivity (Wildman–Crippen MR) is 105 cm³/mol. The van der Waals surface area contributed by atoms with Crippen LogP contribution >= 0.6 is 0 Å². The van der Waals surface area contributed by atoms with E-state index in [1.54, 1.807) is 19.1 Å². The van der Waals surface area contributed by atoms with Crippen LogP contribution in [0.5, 0.6) is 5.75 Å². The molecule has 3 N–H and O–H groups in total. The molecule has 140 valence electrons. The Morgan fingerprint density at radius 1 is 1.11 bits per heavy atom. The lowest BCUT2D eigenvalue weighted by atomic mass is 9.92. The monoisotopic (exact) mass is 365 g/mol. The average Bonchev–Trinajstić information content (AvgIpc) is 2.63. The van der Waals surface area contributed by atoms with E-state index in [0.717, 1.165) is 11.1 Å². The Kier molecular flexibility index (Phi) is 5.45. The number of amides is 3. The third kappa shape index (κ3) is 3.95. The number of carbonyl (C=O) groups is 2. The molecule has 2 aromatic rings. The molecule has 0 radical (unpaired) electrons. The van der Waals surface area contributed by atoms with E-state index in [9.17, 15) is 9.59 Å². The first kappa shape index (κ1) is 18.5. The molecular weight excluding hydrogens is 342 g/mol. The molecule has 1 aliphatic rings. The number of aryl methyl sites for hydroxylation is 1. The zero-order chi connectivity index (χ0) is 19.4. The third-order valence-corrected chi connectivity index (χ3v) is 4.45. The molecular formula is C21H23N3O3. The maximum absolute atomic E-state index is 13.1. The topological polar surface area (TPSA) is 79.5 Å². The smallest absolute Gasteiger partial charge is 0.319 e. The summed E-state index contributed by atoms with van der Waals surface area (Å²) in [5.41, 5.74) is 3.46. The summed E-state index contributed by atoms with van der Waals surface area (Å²) >= 11 is 0. The van der Waals surface area contributed by atoms with Crippen molar-refractivity contribution in [2.24, 2.45) is 0 Å². The number of rotatable bonds is 5. The van der Waals surface area contributed by atoms with E-state index < -0.39 is 6.04 Å². The molecule has 1 heterocycles. The van der Waals surface area contributed by atoms with Crippen LogP contribution in [0.3, 0.4) is 0 Å². The highest BCUT2D eigenvalue weighted by Gasteiger charge is 2.32. The molecule has 1 unspecified atom stereocenters. The van der Waals surface area contributed by atoms with E-state index in [1.165, 1.54) is 0 Å². The second-order valence-electron chi connectivity index (χ2n) is 6.31. The van der Waals surface area contributed by atoms with Crippen molar-refractivity contribution in [3.8, 4) is 5.75 Å². The van der Waals surface area contributed by atoms with Gasteiger partial charge < -0.3 is 20.7 Å². The zero-order valence-electron chi connectivity index (χ0n) is 15.6. The molecule has 0 spiro atoms. The van der Waals surface area contributed by atoms with Crippen LogP contribution in [0, 0.1) is 6.92 Å². The summed E-state index contributed by atoms with van der Waals surface area (Å²) < 4.78 is 5.58. The van der Waals surface area contributed by atoms with Crippen molar-refractivity contribution >= 4 is 17.6 Å². The minimum absolute atomic E-state index is 0.291. The maximum Gasteiger partial charge on any atom is 0.319 e. The number of nitrogens with one attached hydrogen (secondary N) is 3. The fourth-order valence-corrected chi connectivity index (χ4v) is 3.18. The van der Waals surface area contributed by atoms with Gasteiger partial charge in [-0.3, -0.25) is 4.79 Å². The van der Waals surface area contributed by atoms with Crippen LogP contribution in [0.2, 0.25) is 0 Å². The van der Waals surface area contributed by atoms with Crippen LogP contribution in [0.25, 0.3) is 0 Å². The lowest BCUT2D eigenvalue weighted by molar-refractivity contribution is -0.113. The summed E-state index contributed by atoms with van der Waals surface area (Å²) in [5.74, 6) is 0.312. The molecule has 3 rings (SSSR count). The van der Waals surface area contributed by atoms with E-state index in [1.807, 2.05) is 50.2 Å². The molecule has 3 amide bonds. The number of para-hydroxylation sites is 2. The number of benzene rings is 2. The van der Waals surface area contributed by atoms with Gasteiger partial charge in [-0.25, -0.2) is 4.79 Å². The van der Waals surface area contributed by atoms with Gasteiger partial charge in [0.2, 0.25) is 0 Å². The normalized spacial score (nSPS) is 16.4. The number of hydrogen-bond acceptors (Lipinski definition) is 3. The number of ether oxygens (including phenoxy) is 1. The summed E-state index contributed by atoms with van der Waals surface area (Å²) in [4.78, 5) is 25.1. The van der Waals surface area contributed by atoms with E-state index in [4.69, 9.17) is 4.74 Å². The van der Waals surface area contributed by atoms with Crippen LogP contribution in [0.15, 0.2) is 59.8 Å². The van der Waals surface area contributed by atoms with Crippen molar-refractivity contribution < 1.29 is 14.3 Å². The highest BCUT2D eigenvalue weighted by Crippen LogP contribution is 2.31. The summed E-state index contributed by atoms with van der Waals surface area (Å²) in [6.45, 7) is 6.07. The van der Waals surface area contributed by atoms with Crippen LogP contribution < -0.4 is 20.7 Å². The molecule has 6 heteroatoms. The molecule has 0 aliphatic carbocycles. The van der Waals surface area contributed by atoms with E-state index in [0.29, 0.717) is 29.3 Å². The molecule has 0 bridgehead atoms. The van der Waals surface area contributed by atoms with Crippen molar-refractivity contribution in [2.45, 2.75) is 26.8 Å². The maximum atomic E-state index is 13.1.